The highest BCUT2D eigenvalue weighted by molar-refractivity contribution is 5.72. The summed E-state index contributed by atoms with van der Waals surface area (Å²) < 4.78 is 37.6. The summed E-state index contributed by atoms with van der Waals surface area (Å²) in [5.41, 5.74) is 0.795. The molecule has 1 aliphatic heterocycles. The SMILES string of the molecule is Cc1ccc(Cn2cnc3c2c(=O)n(CC2CCCO2)c(=O)n3-c2ccc(F)cc2F)cc1. The molecule has 2 aromatic carbocycles. The van der Waals surface area contributed by atoms with Crippen LogP contribution >= 0.6 is 0 Å². The van der Waals surface area contributed by atoms with E-state index in [-0.39, 0.29) is 29.5 Å². The number of aryl methyl sites for hydroxylation is 1. The van der Waals surface area contributed by atoms with Gasteiger partial charge in [0.05, 0.1) is 24.7 Å². The van der Waals surface area contributed by atoms with Gasteiger partial charge in [-0.3, -0.25) is 9.36 Å². The lowest BCUT2D eigenvalue weighted by Gasteiger charge is -2.15. The van der Waals surface area contributed by atoms with Crippen molar-refractivity contribution in [2.45, 2.75) is 39.0 Å². The van der Waals surface area contributed by atoms with Crippen LogP contribution in [0.3, 0.4) is 0 Å². The summed E-state index contributed by atoms with van der Waals surface area (Å²) in [4.78, 5) is 31.1. The van der Waals surface area contributed by atoms with Crippen LogP contribution in [-0.2, 0) is 17.8 Å². The van der Waals surface area contributed by atoms with Crippen LogP contribution in [0.2, 0.25) is 0 Å². The van der Waals surface area contributed by atoms with Crippen molar-refractivity contribution in [3.05, 3.63) is 92.4 Å². The van der Waals surface area contributed by atoms with Crippen molar-refractivity contribution in [2.24, 2.45) is 0 Å². The predicted molar refractivity (Wildman–Crippen MR) is 119 cm³/mol. The van der Waals surface area contributed by atoms with E-state index in [0.29, 0.717) is 19.2 Å². The molecule has 7 nitrogen and oxygen atoms in total. The Kier molecular flexibility index (Phi) is 5.41. The van der Waals surface area contributed by atoms with E-state index in [1.54, 1.807) is 4.57 Å². The molecule has 1 saturated heterocycles. The van der Waals surface area contributed by atoms with Gasteiger partial charge in [-0.05, 0) is 37.5 Å². The molecule has 0 N–H and O–H groups in total. The zero-order valence-electron chi connectivity index (χ0n) is 18.0. The van der Waals surface area contributed by atoms with Gasteiger partial charge in [-0.25, -0.2) is 23.1 Å². The van der Waals surface area contributed by atoms with Crippen molar-refractivity contribution >= 4 is 11.2 Å². The minimum absolute atomic E-state index is 0.0196. The normalized spacial score (nSPS) is 16.0. The maximum atomic E-state index is 14.7. The molecule has 0 amide bonds. The van der Waals surface area contributed by atoms with Gasteiger partial charge in [0, 0.05) is 19.2 Å². The first-order chi connectivity index (χ1) is 15.9. The van der Waals surface area contributed by atoms with Crippen LogP contribution in [-0.4, -0.2) is 31.4 Å². The van der Waals surface area contributed by atoms with Crippen molar-refractivity contribution in [1.29, 1.82) is 0 Å². The molecule has 170 valence electrons. The first-order valence-electron chi connectivity index (χ1n) is 10.8. The maximum absolute atomic E-state index is 14.7. The molecule has 0 saturated carbocycles. The highest BCUT2D eigenvalue weighted by atomic mass is 19.1. The average molecular weight is 452 g/mol. The van der Waals surface area contributed by atoms with E-state index in [9.17, 15) is 18.4 Å². The fourth-order valence-corrected chi connectivity index (χ4v) is 4.22. The van der Waals surface area contributed by atoms with Crippen LogP contribution in [0.5, 0.6) is 0 Å². The van der Waals surface area contributed by atoms with Gasteiger partial charge in [0.2, 0.25) is 0 Å². The van der Waals surface area contributed by atoms with Gasteiger partial charge in [-0.2, -0.15) is 0 Å². The van der Waals surface area contributed by atoms with Gasteiger partial charge in [0.1, 0.15) is 11.6 Å². The van der Waals surface area contributed by atoms with Gasteiger partial charge >= 0.3 is 5.69 Å². The van der Waals surface area contributed by atoms with Crippen LogP contribution in [0, 0.1) is 18.6 Å². The van der Waals surface area contributed by atoms with Crippen molar-refractivity contribution in [3.8, 4) is 5.69 Å². The Morgan fingerprint density at radius 1 is 1.12 bits per heavy atom. The molecule has 1 unspecified atom stereocenters. The summed E-state index contributed by atoms with van der Waals surface area (Å²) >= 11 is 0. The highest BCUT2D eigenvalue weighted by Gasteiger charge is 2.24. The summed E-state index contributed by atoms with van der Waals surface area (Å²) in [6.07, 6.45) is 2.73. The van der Waals surface area contributed by atoms with Gasteiger partial charge in [-0.15, -0.1) is 0 Å². The van der Waals surface area contributed by atoms with E-state index >= 15 is 0 Å². The Balaban J connectivity index is 1.74. The molecule has 4 aromatic rings. The van der Waals surface area contributed by atoms with Gasteiger partial charge in [0.25, 0.3) is 5.56 Å². The Bertz CT molecular complexity index is 1450. The van der Waals surface area contributed by atoms with Crippen LogP contribution in [0.4, 0.5) is 8.78 Å². The van der Waals surface area contributed by atoms with E-state index in [2.05, 4.69) is 4.98 Å². The molecule has 5 rings (SSSR count). The molecule has 0 aliphatic carbocycles. The number of hydrogen-bond donors (Lipinski definition) is 0. The maximum Gasteiger partial charge on any atom is 0.337 e. The lowest BCUT2D eigenvalue weighted by Crippen LogP contribution is -2.42. The van der Waals surface area contributed by atoms with Crippen LogP contribution in [0.1, 0.15) is 24.0 Å². The number of ether oxygens (including phenoxy) is 1. The van der Waals surface area contributed by atoms with E-state index in [1.165, 1.54) is 12.4 Å². The minimum atomic E-state index is -0.922. The molecule has 2 aromatic heterocycles. The third-order valence-corrected chi connectivity index (χ3v) is 5.93. The fraction of sp³-hybridized carbons (Fsp3) is 0.292. The molecular weight excluding hydrogens is 430 g/mol. The predicted octanol–water partition coefficient (Wildman–Crippen LogP) is 3.16. The number of hydrogen-bond acceptors (Lipinski definition) is 4. The van der Waals surface area contributed by atoms with E-state index < -0.39 is 22.9 Å². The Labute approximate surface area is 187 Å². The molecule has 1 aliphatic rings. The Hall–Kier alpha value is -3.59. The quantitative estimate of drug-likeness (QED) is 0.467. The van der Waals surface area contributed by atoms with Crippen molar-refractivity contribution in [3.63, 3.8) is 0 Å². The number of imidazole rings is 1. The van der Waals surface area contributed by atoms with E-state index in [0.717, 1.165) is 39.2 Å². The topological polar surface area (TPSA) is 71.1 Å². The third-order valence-electron chi connectivity index (χ3n) is 5.93. The lowest BCUT2D eigenvalue weighted by atomic mass is 10.1. The highest BCUT2D eigenvalue weighted by Crippen LogP contribution is 2.19. The second-order valence-electron chi connectivity index (χ2n) is 8.29. The van der Waals surface area contributed by atoms with Crippen LogP contribution in [0.25, 0.3) is 16.9 Å². The van der Waals surface area contributed by atoms with Gasteiger partial charge in [0.15, 0.2) is 11.2 Å². The Morgan fingerprint density at radius 2 is 1.91 bits per heavy atom. The fourth-order valence-electron chi connectivity index (χ4n) is 4.22. The monoisotopic (exact) mass is 452 g/mol. The Morgan fingerprint density at radius 3 is 2.61 bits per heavy atom. The standard InChI is InChI=1S/C24H22F2N4O3/c1-15-4-6-16(7-5-15)12-28-14-27-22-21(28)23(31)29(13-18-3-2-10-33-18)24(32)30(22)20-9-8-17(25)11-19(20)26/h4-9,11,14,18H,2-3,10,12-13H2,1H3. The summed E-state index contributed by atoms with van der Waals surface area (Å²) in [6.45, 7) is 2.94. The zero-order chi connectivity index (χ0) is 23.1. The molecule has 0 bridgehead atoms. The number of aromatic nitrogens is 4. The largest absolute Gasteiger partial charge is 0.376 e. The van der Waals surface area contributed by atoms with E-state index in [4.69, 9.17) is 4.74 Å². The van der Waals surface area contributed by atoms with Crippen molar-refractivity contribution < 1.29 is 13.5 Å². The first kappa shape index (κ1) is 21.3. The molecule has 0 spiro atoms. The number of rotatable bonds is 5. The molecule has 33 heavy (non-hydrogen) atoms. The summed E-state index contributed by atoms with van der Waals surface area (Å²) in [7, 11) is 0. The molecule has 0 radical (unpaired) electrons. The minimum Gasteiger partial charge on any atom is -0.376 e. The van der Waals surface area contributed by atoms with Crippen LogP contribution in [0.15, 0.2) is 58.4 Å². The summed E-state index contributed by atoms with van der Waals surface area (Å²) in [6, 6.07) is 10.8. The van der Waals surface area contributed by atoms with Crippen molar-refractivity contribution in [1.82, 2.24) is 18.7 Å². The smallest absolute Gasteiger partial charge is 0.337 e. The number of benzene rings is 2. The molecule has 9 heteroatoms. The van der Waals surface area contributed by atoms with Crippen molar-refractivity contribution in [2.75, 3.05) is 6.61 Å². The first-order valence-corrected chi connectivity index (χ1v) is 10.8. The number of nitrogens with zero attached hydrogens (tertiary/aromatic N) is 4. The molecule has 3 heterocycles. The number of halogens is 2. The second-order valence-corrected chi connectivity index (χ2v) is 8.29. The van der Waals surface area contributed by atoms with Gasteiger partial charge in [-0.1, -0.05) is 29.8 Å². The third kappa shape index (κ3) is 3.89. The molecule has 1 atom stereocenters. The van der Waals surface area contributed by atoms with E-state index in [1.807, 2.05) is 31.2 Å². The van der Waals surface area contributed by atoms with Gasteiger partial charge < -0.3 is 9.30 Å². The number of fused-ring (bicyclic) bond motifs is 1. The summed E-state index contributed by atoms with van der Waals surface area (Å²) in [5, 5.41) is 0. The molecular formula is C24H22F2N4O3. The lowest BCUT2D eigenvalue weighted by molar-refractivity contribution is 0.0950. The average Bonchev–Trinajstić information content (AvgIpc) is 3.44. The van der Waals surface area contributed by atoms with Crippen LogP contribution < -0.4 is 11.2 Å². The second kappa shape index (κ2) is 8.40. The zero-order valence-corrected chi connectivity index (χ0v) is 18.0. The molecule has 1 fully saturated rings. The summed E-state index contributed by atoms with van der Waals surface area (Å²) in [5.74, 6) is -1.69.